The lowest BCUT2D eigenvalue weighted by molar-refractivity contribution is -0.130. The monoisotopic (exact) mass is 197 g/mol. The highest BCUT2D eigenvalue weighted by Gasteiger charge is 2.38. The van der Waals surface area contributed by atoms with Crippen molar-refractivity contribution in [2.45, 2.75) is 57.4 Å². The van der Waals surface area contributed by atoms with Crippen molar-refractivity contribution in [2.75, 3.05) is 14.1 Å². The first-order chi connectivity index (χ1) is 6.63. The lowest BCUT2D eigenvalue weighted by Crippen LogP contribution is -2.50. The molecule has 1 saturated carbocycles. The van der Waals surface area contributed by atoms with Gasteiger partial charge < -0.3 is 0 Å². The van der Waals surface area contributed by atoms with E-state index in [0.29, 0.717) is 12.2 Å². The molecule has 2 heteroatoms. The molecule has 0 unspecified atom stereocenters. The standard InChI is InChI=1S/C12H23NO/c1-4-11(14)12(13(2)3)9-7-5-6-8-10-12/h4-10H2,1-3H3. The van der Waals surface area contributed by atoms with Crippen molar-refractivity contribution in [3.05, 3.63) is 0 Å². The maximum atomic E-state index is 12.0. The molecule has 0 N–H and O–H groups in total. The van der Waals surface area contributed by atoms with Gasteiger partial charge in [0.05, 0.1) is 5.54 Å². The lowest BCUT2D eigenvalue weighted by atomic mass is 9.83. The first-order valence-electron chi connectivity index (χ1n) is 5.84. The zero-order chi connectivity index (χ0) is 10.6. The molecule has 14 heavy (non-hydrogen) atoms. The highest BCUT2D eigenvalue weighted by molar-refractivity contribution is 5.88. The number of nitrogens with zero attached hydrogens (tertiary/aromatic N) is 1. The minimum Gasteiger partial charge on any atom is -0.298 e. The van der Waals surface area contributed by atoms with E-state index in [-0.39, 0.29) is 5.54 Å². The van der Waals surface area contributed by atoms with E-state index >= 15 is 0 Å². The molecule has 0 spiro atoms. The quantitative estimate of drug-likeness (QED) is 0.648. The van der Waals surface area contributed by atoms with Crippen molar-refractivity contribution in [3.63, 3.8) is 0 Å². The van der Waals surface area contributed by atoms with Gasteiger partial charge in [-0.3, -0.25) is 9.69 Å². The molecule has 1 aliphatic rings. The molecule has 0 aromatic carbocycles. The third-order valence-corrected chi connectivity index (χ3v) is 3.63. The van der Waals surface area contributed by atoms with Crippen LogP contribution in [0.3, 0.4) is 0 Å². The summed E-state index contributed by atoms with van der Waals surface area (Å²) in [6.45, 7) is 1.98. The van der Waals surface area contributed by atoms with Crippen molar-refractivity contribution in [1.82, 2.24) is 4.90 Å². The van der Waals surface area contributed by atoms with E-state index in [2.05, 4.69) is 19.0 Å². The lowest BCUT2D eigenvalue weighted by Gasteiger charge is -2.37. The van der Waals surface area contributed by atoms with Gasteiger partial charge in [0.15, 0.2) is 5.78 Å². The first kappa shape index (κ1) is 11.7. The summed E-state index contributed by atoms with van der Waals surface area (Å²) in [5.74, 6) is 0.435. The number of rotatable bonds is 3. The molecule has 0 aromatic heterocycles. The Morgan fingerprint density at radius 1 is 1.14 bits per heavy atom. The van der Waals surface area contributed by atoms with Gasteiger partial charge in [-0.1, -0.05) is 32.6 Å². The highest BCUT2D eigenvalue weighted by Crippen LogP contribution is 2.32. The van der Waals surface area contributed by atoms with E-state index in [1.54, 1.807) is 0 Å². The van der Waals surface area contributed by atoms with E-state index in [0.717, 1.165) is 12.8 Å². The Morgan fingerprint density at radius 3 is 2.00 bits per heavy atom. The number of Topliss-reactive ketones (excluding diaryl/α,β-unsaturated/α-hetero) is 1. The number of hydrogen-bond donors (Lipinski definition) is 0. The van der Waals surface area contributed by atoms with Crippen LogP contribution in [0.2, 0.25) is 0 Å². The molecule has 0 saturated heterocycles. The Labute approximate surface area is 87.7 Å². The first-order valence-corrected chi connectivity index (χ1v) is 5.84. The van der Waals surface area contributed by atoms with Crippen LogP contribution in [0.1, 0.15) is 51.9 Å². The number of hydrogen-bond acceptors (Lipinski definition) is 2. The van der Waals surface area contributed by atoms with Crippen LogP contribution in [-0.2, 0) is 4.79 Å². The van der Waals surface area contributed by atoms with Crippen LogP contribution in [0.4, 0.5) is 0 Å². The SMILES string of the molecule is CCC(=O)C1(N(C)C)CCCCCC1. The van der Waals surface area contributed by atoms with Crippen molar-refractivity contribution in [3.8, 4) is 0 Å². The Bertz CT molecular complexity index is 190. The molecule has 0 bridgehead atoms. The summed E-state index contributed by atoms with van der Waals surface area (Å²) in [5, 5.41) is 0. The molecule has 2 nitrogen and oxygen atoms in total. The molecule has 1 rings (SSSR count). The molecule has 1 fully saturated rings. The molecule has 0 heterocycles. The molecular formula is C12H23NO. The zero-order valence-electron chi connectivity index (χ0n) is 9.81. The van der Waals surface area contributed by atoms with E-state index in [9.17, 15) is 4.79 Å². The second-order valence-electron chi connectivity index (χ2n) is 4.62. The van der Waals surface area contributed by atoms with Gasteiger partial charge in [0.1, 0.15) is 0 Å². The molecular weight excluding hydrogens is 174 g/mol. The van der Waals surface area contributed by atoms with Gasteiger partial charge in [-0.2, -0.15) is 0 Å². The zero-order valence-corrected chi connectivity index (χ0v) is 9.81. The van der Waals surface area contributed by atoms with Crippen molar-refractivity contribution in [2.24, 2.45) is 0 Å². The number of likely N-dealkylation sites (N-methyl/N-ethyl adjacent to an activating group) is 1. The van der Waals surface area contributed by atoms with Gasteiger partial charge in [-0.05, 0) is 26.9 Å². The van der Waals surface area contributed by atoms with E-state index in [1.807, 2.05) is 6.92 Å². The number of carbonyl (C=O) groups excluding carboxylic acids is 1. The normalized spacial score (nSPS) is 22.0. The maximum Gasteiger partial charge on any atom is 0.152 e. The van der Waals surface area contributed by atoms with Crippen LogP contribution in [0, 0.1) is 0 Å². The highest BCUT2D eigenvalue weighted by atomic mass is 16.1. The maximum absolute atomic E-state index is 12.0. The smallest absolute Gasteiger partial charge is 0.152 e. The second kappa shape index (κ2) is 4.92. The van der Waals surface area contributed by atoms with Gasteiger partial charge in [0, 0.05) is 6.42 Å². The summed E-state index contributed by atoms with van der Waals surface area (Å²) in [6.07, 6.45) is 7.82. The fourth-order valence-electron chi connectivity index (χ4n) is 2.62. The molecule has 0 amide bonds. The van der Waals surface area contributed by atoms with Crippen LogP contribution < -0.4 is 0 Å². The minimum absolute atomic E-state index is 0.134. The third-order valence-electron chi connectivity index (χ3n) is 3.63. The number of carbonyl (C=O) groups is 1. The van der Waals surface area contributed by atoms with Crippen molar-refractivity contribution in [1.29, 1.82) is 0 Å². The third kappa shape index (κ3) is 2.17. The largest absolute Gasteiger partial charge is 0.298 e. The molecule has 1 aliphatic carbocycles. The van der Waals surface area contributed by atoms with Crippen LogP contribution >= 0.6 is 0 Å². The van der Waals surface area contributed by atoms with E-state index < -0.39 is 0 Å². The Kier molecular flexibility index (Phi) is 4.11. The predicted octanol–water partition coefficient (Wildman–Crippen LogP) is 2.62. The van der Waals surface area contributed by atoms with Crippen LogP contribution in [0.15, 0.2) is 0 Å². The average Bonchev–Trinajstić information content (AvgIpc) is 2.42. The molecule has 82 valence electrons. The van der Waals surface area contributed by atoms with Crippen LogP contribution in [0.5, 0.6) is 0 Å². The predicted molar refractivity (Wildman–Crippen MR) is 59.4 cm³/mol. The van der Waals surface area contributed by atoms with Crippen molar-refractivity contribution < 1.29 is 4.79 Å². The summed E-state index contributed by atoms with van der Waals surface area (Å²) in [5.41, 5.74) is -0.134. The Balaban J connectivity index is 2.83. The summed E-state index contributed by atoms with van der Waals surface area (Å²) in [4.78, 5) is 14.2. The fourth-order valence-corrected chi connectivity index (χ4v) is 2.62. The van der Waals surface area contributed by atoms with Gasteiger partial charge in [0.2, 0.25) is 0 Å². The van der Waals surface area contributed by atoms with Gasteiger partial charge >= 0.3 is 0 Å². The van der Waals surface area contributed by atoms with Gasteiger partial charge in [-0.25, -0.2) is 0 Å². The summed E-state index contributed by atoms with van der Waals surface area (Å²) < 4.78 is 0. The van der Waals surface area contributed by atoms with E-state index in [4.69, 9.17) is 0 Å². The molecule has 0 aliphatic heterocycles. The van der Waals surface area contributed by atoms with Gasteiger partial charge in [0.25, 0.3) is 0 Å². The van der Waals surface area contributed by atoms with Gasteiger partial charge in [-0.15, -0.1) is 0 Å². The minimum atomic E-state index is -0.134. The summed E-state index contributed by atoms with van der Waals surface area (Å²) in [6, 6.07) is 0. The topological polar surface area (TPSA) is 20.3 Å². The van der Waals surface area contributed by atoms with Crippen molar-refractivity contribution >= 4 is 5.78 Å². The fraction of sp³-hybridized carbons (Fsp3) is 0.917. The summed E-state index contributed by atoms with van der Waals surface area (Å²) >= 11 is 0. The second-order valence-corrected chi connectivity index (χ2v) is 4.62. The average molecular weight is 197 g/mol. The number of ketones is 1. The Hall–Kier alpha value is -0.370. The summed E-state index contributed by atoms with van der Waals surface area (Å²) in [7, 11) is 4.11. The Morgan fingerprint density at radius 2 is 1.64 bits per heavy atom. The van der Waals surface area contributed by atoms with Crippen LogP contribution in [-0.4, -0.2) is 30.3 Å². The van der Waals surface area contributed by atoms with Crippen LogP contribution in [0.25, 0.3) is 0 Å². The molecule has 0 radical (unpaired) electrons. The molecule has 0 aromatic rings. The molecule has 0 atom stereocenters. The van der Waals surface area contributed by atoms with E-state index in [1.165, 1.54) is 25.7 Å².